The Labute approximate surface area is 237 Å². The molecule has 38 heavy (non-hydrogen) atoms. The molecular formula is C28H34Cl2F3N3OS. The summed E-state index contributed by atoms with van der Waals surface area (Å²) in [5.74, 6) is 0.557. The molecule has 0 saturated carbocycles. The van der Waals surface area contributed by atoms with E-state index in [2.05, 4.69) is 21.9 Å². The third-order valence-electron chi connectivity index (χ3n) is 7.36. The Balaban J connectivity index is 1.16. The molecule has 2 saturated heterocycles. The SMILES string of the molecule is O=C(CCCN1CCCN(c2ccc(Cl)cc2)CC1)N1CCC(Cc2ccc(Cl)c(SC(F)(F)F)c2)CC1. The zero-order valence-corrected chi connectivity index (χ0v) is 23.7. The highest BCUT2D eigenvalue weighted by atomic mass is 35.5. The zero-order chi connectivity index (χ0) is 27.1. The van der Waals surface area contributed by atoms with Crippen molar-refractivity contribution in [2.45, 2.75) is 48.9 Å². The summed E-state index contributed by atoms with van der Waals surface area (Å²) >= 11 is 11.8. The second-order valence-electron chi connectivity index (χ2n) is 10.1. The van der Waals surface area contributed by atoms with Crippen LogP contribution in [0.4, 0.5) is 18.9 Å². The molecule has 2 aliphatic heterocycles. The normalized spacial score (nSPS) is 18.0. The first kappa shape index (κ1) is 29.4. The molecule has 0 spiro atoms. The summed E-state index contributed by atoms with van der Waals surface area (Å²) in [6, 6.07) is 12.9. The van der Waals surface area contributed by atoms with Gasteiger partial charge in [0.2, 0.25) is 5.91 Å². The van der Waals surface area contributed by atoms with Crippen LogP contribution in [0.5, 0.6) is 0 Å². The highest BCUT2D eigenvalue weighted by Gasteiger charge is 2.31. The van der Waals surface area contributed by atoms with Gasteiger partial charge in [0.25, 0.3) is 0 Å². The lowest BCUT2D eigenvalue weighted by Gasteiger charge is -2.32. The number of anilines is 1. The lowest BCUT2D eigenvalue weighted by atomic mass is 9.90. The maximum Gasteiger partial charge on any atom is 0.446 e. The van der Waals surface area contributed by atoms with Gasteiger partial charge in [-0.1, -0.05) is 29.3 Å². The molecule has 0 radical (unpaired) electrons. The van der Waals surface area contributed by atoms with Crippen molar-refractivity contribution >= 4 is 46.6 Å². The molecule has 2 heterocycles. The number of halogens is 5. The number of likely N-dealkylation sites (tertiary alicyclic amines) is 1. The number of hydrogen-bond donors (Lipinski definition) is 0. The Morgan fingerprint density at radius 3 is 2.39 bits per heavy atom. The van der Waals surface area contributed by atoms with E-state index in [9.17, 15) is 18.0 Å². The van der Waals surface area contributed by atoms with Gasteiger partial charge in [0.1, 0.15) is 0 Å². The molecule has 0 bridgehead atoms. The molecule has 4 nitrogen and oxygen atoms in total. The molecule has 0 aliphatic carbocycles. The van der Waals surface area contributed by atoms with E-state index < -0.39 is 5.51 Å². The second-order valence-corrected chi connectivity index (χ2v) is 12.1. The fourth-order valence-corrected chi connectivity index (χ4v) is 6.30. The second kappa shape index (κ2) is 13.6. The predicted molar refractivity (Wildman–Crippen MR) is 150 cm³/mol. The average molecular weight is 589 g/mol. The molecule has 2 aromatic carbocycles. The van der Waals surface area contributed by atoms with Gasteiger partial charge in [-0.3, -0.25) is 4.79 Å². The summed E-state index contributed by atoms with van der Waals surface area (Å²) in [6.07, 6.45) is 4.92. The van der Waals surface area contributed by atoms with Crippen molar-refractivity contribution in [1.29, 1.82) is 0 Å². The average Bonchev–Trinajstić information content (AvgIpc) is 3.12. The van der Waals surface area contributed by atoms with Crippen LogP contribution in [0.15, 0.2) is 47.4 Å². The number of benzene rings is 2. The van der Waals surface area contributed by atoms with Crippen molar-refractivity contribution in [2.24, 2.45) is 5.92 Å². The van der Waals surface area contributed by atoms with E-state index in [1.165, 1.54) is 5.69 Å². The molecule has 4 rings (SSSR count). The monoisotopic (exact) mass is 587 g/mol. The van der Waals surface area contributed by atoms with Crippen LogP contribution in [0.2, 0.25) is 10.0 Å². The third-order valence-corrected chi connectivity index (χ3v) is 8.84. The minimum absolute atomic E-state index is 0.0476. The molecule has 0 atom stereocenters. The number of amides is 1. The fourth-order valence-electron chi connectivity index (χ4n) is 5.31. The maximum absolute atomic E-state index is 12.8. The van der Waals surface area contributed by atoms with E-state index in [0.717, 1.165) is 69.0 Å². The van der Waals surface area contributed by atoms with Crippen molar-refractivity contribution < 1.29 is 18.0 Å². The van der Waals surface area contributed by atoms with Crippen molar-refractivity contribution in [1.82, 2.24) is 9.80 Å². The first-order chi connectivity index (χ1) is 18.2. The van der Waals surface area contributed by atoms with Crippen LogP contribution in [0, 0.1) is 5.92 Å². The summed E-state index contributed by atoms with van der Waals surface area (Å²) in [7, 11) is 0. The van der Waals surface area contributed by atoms with E-state index in [4.69, 9.17) is 23.2 Å². The molecule has 2 aromatic rings. The van der Waals surface area contributed by atoms with Gasteiger partial charge in [-0.15, -0.1) is 0 Å². The zero-order valence-electron chi connectivity index (χ0n) is 21.4. The van der Waals surface area contributed by atoms with Gasteiger partial charge in [-0.05, 0) is 105 Å². The Bertz CT molecular complexity index is 1060. The highest BCUT2D eigenvalue weighted by molar-refractivity contribution is 8.00. The van der Waals surface area contributed by atoms with E-state index in [-0.39, 0.29) is 27.6 Å². The number of carbonyl (C=O) groups is 1. The van der Waals surface area contributed by atoms with Crippen LogP contribution in [-0.2, 0) is 11.2 Å². The summed E-state index contributed by atoms with van der Waals surface area (Å²) in [5, 5.41) is 0.869. The Hall–Kier alpha value is -1.61. The summed E-state index contributed by atoms with van der Waals surface area (Å²) in [4.78, 5) is 19.7. The smallest absolute Gasteiger partial charge is 0.370 e. The standard InChI is InChI=1S/C28H34Cl2F3N3OS/c29-23-5-7-24(8-6-23)35-14-2-13-34(17-18-35)12-1-3-27(37)36-15-10-21(11-16-36)19-22-4-9-25(30)26(20-22)38-28(31,32)33/h4-9,20-21H,1-3,10-19H2. The molecule has 0 N–H and O–H groups in total. The van der Waals surface area contributed by atoms with Crippen LogP contribution < -0.4 is 4.90 Å². The number of carbonyl (C=O) groups excluding carboxylic acids is 1. The van der Waals surface area contributed by atoms with Crippen molar-refractivity contribution in [3.05, 3.63) is 58.1 Å². The van der Waals surface area contributed by atoms with Gasteiger partial charge < -0.3 is 14.7 Å². The van der Waals surface area contributed by atoms with E-state index in [1.54, 1.807) is 18.2 Å². The van der Waals surface area contributed by atoms with E-state index >= 15 is 0 Å². The van der Waals surface area contributed by atoms with Crippen molar-refractivity contribution in [3.8, 4) is 0 Å². The molecule has 0 aromatic heterocycles. The number of piperidine rings is 1. The molecular weight excluding hydrogens is 554 g/mol. The molecule has 2 fully saturated rings. The van der Waals surface area contributed by atoms with Gasteiger partial charge in [0.15, 0.2) is 0 Å². The number of rotatable bonds is 8. The molecule has 1 amide bonds. The number of nitrogens with zero attached hydrogens (tertiary/aromatic N) is 3. The van der Waals surface area contributed by atoms with Crippen LogP contribution in [0.1, 0.15) is 37.7 Å². The summed E-state index contributed by atoms with van der Waals surface area (Å²) in [6.45, 7) is 6.35. The first-order valence-electron chi connectivity index (χ1n) is 13.2. The Morgan fingerprint density at radius 1 is 0.947 bits per heavy atom. The van der Waals surface area contributed by atoms with Crippen molar-refractivity contribution in [3.63, 3.8) is 0 Å². The number of hydrogen-bond acceptors (Lipinski definition) is 4. The number of alkyl halides is 3. The molecule has 0 unspecified atom stereocenters. The molecule has 2 aliphatic rings. The Kier molecular flexibility index (Phi) is 10.5. The summed E-state index contributed by atoms with van der Waals surface area (Å²) in [5.41, 5.74) is -2.30. The van der Waals surface area contributed by atoms with Gasteiger partial charge in [0, 0.05) is 54.8 Å². The van der Waals surface area contributed by atoms with E-state index in [1.807, 2.05) is 17.0 Å². The summed E-state index contributed by atoms with van der Waals surface area (Å²) < 4.78 is 38.4. The van der Waals surface area contributed by atoms with Crippen LogP contribution in [-0.4, -0.2) is 67.0 Å². The largest absolute Gasteiger partial charge is 0.446 e. The quantitative estimate of drug-likeness (QED) is 0.301. The minimum atomic E-state index is -4.36. The van der Waals surface area contributed by atoms with Gasteiger partial charge in [-0.2, -0.15) is 13.2 Å². The minimum Gasteiger partial charge on any atom is -0.370 e. The van der Waals surface area contributed by atoms with Gasteiger partial charge in [-0.25, -0.2) is 0 Å². The highest BCUT2D eigenvalue weighted by Crippen LogP contribution is 2.41. The van der Waals surface area contributed by atoms with Crippen LogP contribution >= 0.6 is 35.0 Å². The molecule has 10 heteroatoms. The van der Waals surface area contributed by atoms with Crippen molar-refractivity contribution in [2.75, 3.05) is 50.7 Å². The van der Waals surface area contributed by atoms with Crippen LogP contribution in [0.25, 0.3) is 0 Å². The Morgan fingerprint density at radius 2 is 1.68 bits per heavy atom. The van der Waals surface area contributed by atoms with E-state index in [0.29, 0.717) is 31.8 Å². The predicted octanol–water partition coefficient (Wildman–Crippen LogP) is 7.38. The first-order valence-corrected chi connectivity index (χ1v) is 14.8. The number of thioether (sulfide) groups is 1. The van der Waals surface area contributed by atoms with Crippen LogP contribution in [0.3, 0.4) is 0 Å². The van der Waals surface area contributed by atoms with Gasteiger partial charge in [0.05, 0.1) is 5.02 Å². The maximum atomic E-state index is 12.8. The van der Waals surface area contributed by atoms with Gasteiger partial charge >= 0.3 is 5.51 Å². The topological polar surface area (TPSA) is 26.8 Å². The third kappa shape index (κ3) is 8.97. The molecule has 208 valence electrons. The lowest BCUT2D eigenvalue weighted by molar-refractivity contribution is -0.132. The fraction of sp³-hybridized carbons (Fsp3) is 0.536. The lowest BCUT2D eigenvalue weighted by Crippen LogP contribution is -2.39.